The van der Waals surface area contributed by atoms with Gasteiger partial charge in [-0.3, -0.25) is 0 Å². The molecule has 1 N–H and O–H groups in total. The van der Waals surface area contributed by atoms with Crippen molar-refractivity contribution in [2.45, 2.75) is 18.7 Å². The third kappa shape index (κ3) is 2.61. The van der Waals surface area contributed by atoms with E-state index in [1.54, 1.807) is 0 Å². The fourth-order valence-electron chi connectivity index (χ4n) is 1.14. The summed E-state index contributed by atoms with van der Waals surface area (Å²) in [5.74, 6) is 0. The Hall–Kier alpha value is 0.130. The van der Waals surface area contributed by atoms with Crippen molar-refractivity contribution < 1.29 is 18.3 Å². The summed E-state index contributed by atoms with van der Waals surface area (Å²) in [7, 11) is 0. The number of benzene rings is 1. The van der Waals surface area contributed by atoms with E-state index in [4.69, 9.17) is 46.4 Å². The van der Waals surface area contributed by atoms with E-state index in [1.807, 2.05) is 0 Å². The molecule has 8 heteroatoms. The summed E-state index contributed by atoms with van der Waals surface area (Å²) < 4.78 is 38.1. The number of hydrogen-bond donors (Lipinski definition) is 1. The van der Waals surface area contributed by atoms with Crippen LogP contribution in [0, 0.1) is 0 Å². The Morgan fingerprint density at radius 1 is 1.00 bits per heavy atom. The molecule has 0 bridgehead atoms. The lowest BCUT2D eigenvalue weighted by atomic mass is 9.95. The zero-order valence-electron chi connectivity index (χ0n) is 8.17. The Labute approximate surface area is 115 Å². The molecule has 96 valence electrons. The number of halogens is 7. The second-order valence-electron chi connectivity index (χ2n) is 3.41. The summed E-state index contributed by atoms with van der Waals surface area (Å²) in [5, 5.41) is 8.11. The minimum atomic E-state index is -4.96. The first-order valence-corrected chi connectivity index (χ1v) is 5.64. The van der Waals surface area contributed by atoms with Gasteiger partial charge in [-0.1, -0.05) is 46.4 Å². The number of aliphatic hydroxyl groups is 1. The molecule has 1 rings (SSSR count). The molecule has 0 heterocycles. The van der Waals surface area contributed by atoms with Crippen LogP contribution in [0.4, 0.5) is 13.2 Å². The third-order valence-corrected chi connectivity index (χ3v) is 3.73. The molecule has 1 aromatic rings. The SMILES string of the molecule is CC(O)(c1c(Cl)c(Cl)cc(Cl)c1Cl)C(F)(F)F. The molecule has 0 aliphatic rings. The highest BCUT2D eigenvalue weighted by molar-refractivity contribution is 6.48. The van der Waals surface area contributed by atoms with Crippen LogP contribution in [-0.2, 0) is 5.60 Å². The van der Waals surface area contributed by atoms with Crippen LogP contribution in [0.1, 0.15) is 12.5 Å². The zero-order chi connectivity index (χ0) is 13.6. The largest absolute Gasteiger partial charge is 0.421 e. The predicted molar refractivity (Wildman–Crippen MR) is 62.1 cm³/mol. The molecule has 0 aliphatic carbocycles. The number of rotatable bonds is 1. The molecule has 1 atom stereocenters. The number of alkyl halides is 3. The smallest absolute Gasteiger partial charge is 0.376 e. The van der Waals surface area contributed by atoms with Gasteiger partial charge < -0.3 is 5.11 Å². The van der Waals surface area contributed by atoms with Gasteiger partial charge in [0.25, 0.3) is 0 Å². The second-order valence-corrected chi connectivity index (χ2v) is 4.98. The van der Waals surface area contributed by atoms with E-state index in [2.05, 4.69) is 0 Å². The molecule has 1 nitrogen and oxygen atoms in total. The maximum Gasteiger partial charge on any atom is 0.421 e. The predicted octanol–water partition coefficient (Wildman–Crippen LogP) is 5.07. The average molecular weight is 328 g/mol. The zero-order valence-corrected chi connectivity index (χ0v) is 11.2. The standard InChI is InChI=1S/C9H5Cl4F3O/c1-8(17,9(14,15)16)5-6(12)3(10)2-4(11)7(5)13/h2,17H,1H3. The van der Waals surface area contributed by atoms with Gasteiger partial charge in [0, 0.05) is 5.56 Å². The monoisotopic (exact) mass is 326 g/mol. The van der Waals surface area contributed by atoms with Gasteiger partial charge in [-0.2, -0.15) is 13.2 Å². The minimum Gasteiger partial charge on any atom is -0.376 e. The maximum absolute atomic E-state index is 12.7. The van der Waals surface area contributed by atoms with Gasteiger partial charge in [-0.15, -0.1) is 0 Å². The fraction of sp³-hybridized carbons (Fsp3) is 0.333. The molecule has 1 unspecified atom stereocenters. The van der Waals surface area contributed by atoms with Crippen molar-refractivity contribution in [3.05, 3.63) is 31.7 Å². The van der Waals surface area contributed by atoms with E-state index in [-0.39, 0.29) is 10.0 Å². The molecule has 0 aliphatic heterocycles. The Morgan fingerprint density at radius 3 is 1.65 bits per heavy atom. The molecule has 1 aromatic carbocycles. The highest BCUT2D eigenvalue weighted by atomic mass is 35.5. The Morgan fingerprint density at radius 2 is 1.35 bits per heavy atom. The molecule has 0 aromatic heterocycles. The Balaban J connectivity index is 3.62. The molecule has 0 saturated heterocycles. The summed E-state index contributed by atoms with van der Waals surface area (Å²) >= 11 is 22.4. The van der Waals surface area contributed by atoms with Crippen molar-refractivity contribution in [1.82, 2.24) is 0 Å². The van der Waals surface area contributed by atoms with Crippen molar-refractivity contribution in [3.8, 4) is 0 Å². The first kappa shape index (κ1) is 15.2. The summed E-state index contributed by atoms with van der Waals surface area (Å²) in [6.07, 6.45) is -4.96. The van der Waals surface area contributed by atoms with Gasteiger partial charge in [0.15, 0.2) is 5.60 Å². The van der Waals surface area contributed by atoms with Crippen LogP contribution >= 0.6 is 46.4 Å². The van der Waals surface area contributed by atoms with Gasteiger partial charge in [-0.25, -0.2) is 0 Å². The van der Waals surface area contributed by atoms with Crippen LogP contribution < -0.4 is 0 Å². The van der Waals surface area contributed by atoms with Gasteiger partial charge in [0.1, 0.15) is 0 Å². The van der Waals surface area contributed by atoms with E-state index >= 15 is 0 Å². The van der Waals surface area contributed by atoms with E-state index < -0.39 is 27.4 Å². The lowest BCUT2D eigenvalue weighted by molar-refractivity contribution is -0.258. The lowest BCUT2D eigenvalue weighted by Crippen LogP contribution is -2.39. The minimum absolute atomic E-state index is 0.222. The summed E-state index contributed by atoms with van der Waals surface area (Å²) in [6, 6.07) is 1.10. The molecular formula is C9H5Cl4F3O. The normalized spacial score (nSPS) is 15.8. The van der Waals surface area contributed by atoms with E-state index in [1.165, 1.54) is 0 Å². The summed E-state index contributed by atoms with van der Waals surface area (Å²) in [6.45, 7) is 0.521. The van der Waals surface area contributed by atoms with Crippen molar-refractivity contribution in [1.29, 1.82) is 0 Å². The fourth-order valence-corrected chi connectivity index (χ4v) is 2.32. The average Bonchev–Trinajstić information content (AvgIpc) is 2.13. The van der Waals surface area contributed by atoms with Crippen molar-refractivity contribution >= 4 is 46.4 Å². The van der Waals surface area contributed by atoms with Gasteiger partial charge in [-0.05, 0) is 13.0 Å². The number of hydrogen-bond acceptors (Lipinski definition) is 1. The summed E-state index contributed by atoms with van der Waals surface area (Å²) in [5.41, 5.74) is -4.00. The van der Waals surface area contributed by atoms with Crippen LogP contribution in [-0.4, -0.2) is 11.3 Å². The Kier molecular flexibility index (Phi) is 4.17. The molecular weight excluding hydrogens is 323 g/mol. The highest BCUT2D eigenvalue weighted by Crippen LogP contribution is 2.48. The van der Waals surface area contributed by atoms with Crippen LogP contribution in [0.15, 0.2) is 6.07 Å². The van der Waals surface area contributed by atoms with Crippen molar-refractivity contribution in [3.63, 3.8) is 0 Å². The van der Waals surface area contributed by atoms with E-state index in [0.717, 1.165) is 6.07 Å². The van der Waals surface area contributed by atoms with Crippen LogP contribution in [0.2, 0.25) is 20.1 Å². The van der Waals surface area contributed by atoms with Crippen LogP contribution in [0.5, 0.6) is 0 Å². The quantitative estimate of drug-likeness (QED) is 0.714. The lowest BCUT2D eigenvalue weighted by Gasteiger charge is -2.29. The van der Waals surface area contributed by atoms with Gasteiger partial charge in [0.2, 0.25) is 0 Å². The van der Waals surface area contributed by atoms with Crippen molar-refractivity contribution in [2.24, 2.45) is 0 Å². The van der Waals surface area contributed by atoms with E-state index in [9.17, 15) is 18.3 Å². The van der Waals surface area contributed by atoms with Crippen LogP contribution in [0.25, 0.3) is 0 Å². The first-order chi connectivity index (χ1) is 7.50. The third-order valence-electron chi connectivity index (χ3n) is 2.15. The first-order valence-electron chi connectivity index (χ1n) is 4.12. The Bertz CT molecular complexity index is 430. The molecule has 0 saturated carbocycles. The molecule has 0 radical (unpaired) electrons. The summed E-state index contributed by atoms with van der Waals surface area (Å²) in [4.78, 5) is 0. The van der Waals surface area contributed by atoms with E-state index in [0.29, 0.717) is 6.92 Å². The molecule has 0 spiro atoms. The maximum atomic E-state index is 12.7. The molecule has 0 fully saturated rings. The topological polar surface area (TPSA) is 20.2 Å². The van der Waals surface area contributed by atoms with Gasteiger partial charge in [0.05, 0.1) is 20.1 Å². The van der Waals surface area contributed by atoms with Crippen molar-refractivity contribution in [2.75, 3.05) is 0 Å². The van der Waals surface area contributed by atoms with Gasteiger partial charge >= 0.3 is 6.18 Å². The molecule has 17 heavy (non-hydrogen) atoms. The second kappa shape index (κ2) is 4.67. The van der Waals surface area contributed by atoms with Crippen LogP contribution in [0.3, 0.4) is 0 Å². The molecule has 0 amide bonds. The highest BCUT2D eigenvalue weighted by Gasteiger charge is 2.53.